The lowest BCUT2D eigenvalue weighted by Crippen LogP contribution is -2.43. The third-order valence-corrected chi connectivity index (χ3v) is 3.45. The SMILES string of the molecule is CCCCCCC#C[C@@H](O)[C@H]1OC(C)(C)O[C@@H]1[C@H](O)CO. The second-order valence-electron chi connectivity index (χ2n) is 5.89. The molecule has 1 aliphatic rings. The Kier molecular flexibility index (Phi) is 7.64. The molecule has 5 heteroatoms. The molecule has 0 aromatic rings. The smallest absolute Gasteiger partial charge is 0.164 e. The molecule has 0 aromatic heterocycles. The highest BCUT2D eigenvalue weighted by Gasteiger charge is 2.47. The highest BCUT2D eigenvalue weighted by Crippen LogP contribution is 2.31. The second kappa shape index (κ2) is 8.72. The van der Waals surface area contributed by atoms with Crippen LogP contribution in [-0.4, -0.2) is 52.1 Å². The molecular formula is C16H28O5. The predicted octanol–water partition coefficient (Wildman–Crippen LogP) is 1.19. The number of aliphatic hydroxyl groups excluding tert-OH is 3. The maximum atomic E-state index is 10.1. The molecule has 0 radical (unpaired) electrons. The van der Waals surface area contributed by atoms with Gasteiger partial charge in [0.05, 0.1) is 6.61 Å². The molecule has 0 spiro atoms. The summed E-state index contributed by atoms with van der Waals surface area (Å²) in [5, 5.41) is 28.9. The van der Waals surface area contributed by atoms with Crippen LogP contribution in [0.4, 0.5) is 0 Å². The van der Waals surface area contributed by atoms with Crippen molar-refractivity contribution < 1.29 is 24.8 Å². The van der Waals surface area contributed by atoms with Crippen LogP contribution < -0.4 is 0 Å². The van der Waals surface area contributed by atoms with E-state index in [0.717, 1.165) is 19.3 Å². The molecule has 122 valence electrons. The second-order valence-corrected chi connectivity index (χ2v) is 5.89. The molecular weight excluding hydrogens is 272 g/mol. The Morgan fingerprint density at radius 3 is 2.38 bits per heavy atom. The number of rotatable bonds is 7. The molecule has 3 N–H and O–H groups in total. The maximum Gasteiger partial charge on any atom is 0.164 e. The minimum atomic E-state index is -1.10. The average molecular weight is 300 g/mol. The van der Waals surface area contributed by atoms with Gasteiger partial charge in [-0.05, 0) is 20.3 Å². The Labute approximate surface area is 127 Å². The van der Waals surface area contributed by atoms with Crippen LogP contribution in [0.25, 0.3) is 0 Å². The molecule has 1 fully saturated rings. The van der Waals surface area contributed by atoms with E-state index in [9.17, 15) is 10.2 Å². The Morgan fingerprint density at radius 2 is 1.76 bits per heavy atom. The minimum absolute atomic E-state index is 0.447. The molecule has 1 rings (SSSR count). The predicted molar refractivity (Wildman–Crippen MR) is 79.5 cm³/mol. The Morgan fingerprint density at radius 1 is 1.10 bits per heavy atom. The zero-order valence-electron chi connectivity index (χ0n) is 13.2. The van der Waals surface area contributed by atoms with Crippen LogP contribution in [-0.2, 0) is 9.47 Å². The van der Waals surface area contributed by atoms with Gasteiger partial charge in [-0.25, -0.2) is 0 Å². The van der Waals surface area contributed by atoms with Gasteiger partial charge in [-0.3, -0.25) is 0 Å². The molecule has 0 saturated carbocycles. The molecule has 0 aromatic carbocycles. The standard InChI is InChI=1S/C16H28O5/c1-4-5-6-7-8-9-10-12(18)14-15(13(19)11-17)21-16(2,3)20-14/h12-15,17-19H,4-8,11H2,1-3H3/t12-,13-,14-,15-/m1/s1. The van der Waals surface area contributed by atoms with E-state index in [1.807, 2.05) is 0 Å². The van der Waals surface area contributed by atoms with Gasteiger partial charge in [0.25, 0.3) is 0 Å². The summed E-state index contributed by atoms with van der Waals surface area (Å²) in [5.41, 5.74) is 0. The van der Waals surface area contributed by atoms with Gasteiger partial charge in [0.2, 0.25) is 0 Å². The van der Waals surface area contributed by atoms with Crippen molar-refractivity contribution in [3.63, 3.8) is 0 Å². The first-order valence-corrected chi connectivity index (χ1v) is 7.72. The molecule has 1 aliphatic heterocycles. The summed E-state index contributed by atoms with van der Waals surface area (Å²) >= 11 is 0. The van der Waals surface area contributed by atoms with E-state index in [1.54, 1.807) is 13.8 Å². The number of aliphatic hydroxyl groups is 3. The fourth-order valence-corrected chi connectivity index (χ4v) is 2.36. The molecule has 0 aliphatic carbocycles. The third-order valence-electron chi connectivity index (χ3n) is 3.45. The number of ether oxygens (including phenoxy) is 2. The molecule has 1 heterocycles. The van der Waals surface area contributed by atoms with E-state index in [2.05, 4.69) is 18.8 Å². The Hall–Kier alpha value is -0.640. The molecule has 0 unspecified atom stereocenters. The highest BCUT2D eigenvalue weighted by molar-refractivity contribution is 5.10. The third kappa shape index (κ3) is 5.93. The zero-order valence-corrected chi connectivity index (χ0v) is 13.2. The van der Waals surface area contributed by atoms with Crippen molar-refractivity contribution in [3.05, 3.63) is 0 Å². The molecule has 5 nitrogen and oxygen atoms in total. The van der Waals surface area contributed by atoms with Crippen molar-refractivity contribution in [1.82, 2.24) is 0 Å². The zero-order chi connectivity index (χ0) is 15.9. The van der Waals surface area contributed by atoms with Crippen LogP contribution in [0.2, 0.25) is 0 Å². The lowest BCUT2D eigenvalue weighted by Gasteiger charge is -2.21. The normalized spacial score (nSPS) is 27.0. The van der Waals surface area contributed by atoms with E-state index in [-0.39, 0.29) is 0 Å². The number of hydrogen-bond donors (Lipinski definition) is 3. The van der Waals surface area contributed by atoms with Crippen LogP contribution in [0.3, 0.4) is 0 Å². The van der Waals surface area contributed by atoms with Crippen LogP contribution >= 0.6 is 0 Å². The average Bonchev–Trinajstić information content (AvgIpc) is 2.77. The van der Waals surface area contributed by atoms with Crippen LogP contribution in [0.15, 0.2) is 0 Å². The summed E-state index contributed by atoms with van der Waals surface area (Å²) in [6.07, 6.45) is 1.59. The summed E-state index contributed by atoms with van der Waals surface area (Å²) in [7, 11) is 0. The summed E-state index contributed by atoms with van der Waals surface area (Å²) in [4.78, 5) is 0. The molecule has 1 saturated heterocycles. The van der Waals surface area contributed by atoms with Gasteiger partial charge in [0.1, 0.15) is 24.4 Å². The van der Waals surface area contributed by atoms with Gasteiger partial charge in [0, 0.05) is 6.42 Å². The summed E-state index contributed by atoms with van der Waals surface area (Å²) in [5.74, 6) is 4.79. The largest absolute Gasteiger partial charge is 0.394 e. The lowest BCUT2D eigenvalue weighted by atomic mass is 10.0. The van der Waals surface area contributed by atoms with E-state index in [4.69, 9.17) is 14.6 Å². The summed E-state index contributed by atoms with van der Waals surface area (Å²) < 4.78 is 11.1. The fourth-order valence-electron chi connectivity index (χ4n) is 2.36. The monoisotopic (exact) mass is 300 g/mol. The van der Waals surface area contributed by atoms with Crippen LogP contribution in [0.1, 0.15) is 52.9 Å². The number of hydrogen-bond acceptors (Lipinski definition) is 5. The van der Waals surface area contributed by atoms with Gasteiger partial charge in [-0.2, -0.15) is 0 Å². The van der Waals surface area contributed by atoms with Crippen LogP contribution in [0.5, 0.6) is 0 Å². The Balaban J connectivity index is 2.54. The van der Waals surface area contributed by atoms with E-state index < -0.39 is 36.8 Å². The van der Waals surface area contributed by atoms with E-state index in [1.165, 1.54) is 12.8 Å². The van der Waals surface area contributed by atoms with Crippen molar-refractivity contribution in [2.75, 3.05) is 6.61 Å². The van der Waals surface area contributed by atoms with Crippen molar-refractivity contribution in [3.8, 4) is 11.8 Å². The molecule has 0 bridgehead atoms. The van der Waals surface area contributed by atoms with E-state index >= 15 is 0 Å². The van der Waals surface area contributed by atoms with Gasteiger partial charge in [-0.1, -0.05) is 32.1 Å². The van der Waals surface area contributed by atoms with Gasteiger partial charge in [-0.15, -0.1) is 5.92 Å². The first kappa shape index (κ1) is 18.4. The minimum Gasteiger partial charge on any atom is -0.394 e. The van der Waals surface area contributed by atoms with Crippen molar-refractivity contribution >= 4 is 0 Å². The number of unbranched alkanes of at least 4 members (excludes halogenated alkanes) is 4. The summed E-state index contributed by atoms with van der Waals surface area (Å²) in [6, 6.07) is 0. The molecule has 4 atom stereocenters. The van der Waals surface area contributed by atoms with Crippen molar-refractivity contribution in [2.24, 2.45) is 0 Å². The first-order valence-electron chi connectivity index (χ1n) is 7.72. The van der Waals surface area contributed by atoms with Crippen molar-refractivity contribution in [2.45, 2.75) is 83.1 Å². The lowest BCUT2D eigenvalue weighted by molar-refractivity contribution is -0.160. The van der Waals surface area contributed by atoms with Gasteiger partial charge < -0.3 is 24.8 Å². The van der Waals surface area contributed by atoms with Gasteiger partial charge in [0.15, 0.2) is 5.79 Å². The van der Waals surface area contributed by atoms with E-state index in [0.29, 0.717) is 0 Å². The fraction of sp³-hybridized carbons (Fsp3) is 0.875. The first-order chi connectivity index (χ1) is 9.91. The van der Waals surface area contributed by atoms with Gasteiger partial charge >= 0.3 is 0 Å². The highest BCUT2D eigenvalue weighted by atomic mass is 16.8. The maximum absolute atomic E-state index is 10.1. The Bertz CT molecular complexity index is 357. The van der Waals surface area contributed by atoms with Crippen molar-refractivity contribution in [1.29, 1.82) is 0 Å². The molecule has 21 heavy (non-hydrogen) atoms. The molecule has 0 amide bonds. The topological polar surface area (TPSA) is 79.2 Å². The summed E-state index contributed by atoms with van der Waals surface area (Å²) in [6.45, 7) is 5.11. The van der Waals surface area contributed by atoms with Crippen LogP contribution in [0, 0.1) is 11.8 Å². The quantitative estimate of drug-likeness (QED) is 0.486.